The molecule has 0 unspecified atom stereocenters. The number of rotatable bonds is 3. The Morgan fingerprint density at radius 1 is 0.815 bits per heavy atom. The molecule has 0 aliphatic heterocycles. The molecule has 3 aromatic carbocycles. The maximum Gasteiger partial charge on any atom is 0.159 e. The van der Waals surface area contributed by atoms with E-state index in [1.165, 1.54) is 10.9 Å². The molecule has 4 aromatic rings. The number of furan rings is 1. The summed E-state index contributed by atoms with van der Waals surface area (Å²) in [5.74, 6) is 0. The Balaban J connectivity index is 1.97. The lowest BCUT2D eigenvalue weighted by molar-refractivity contribution is 0.667. The minimum absolute atomic E-state index is 0.569. The van der Waals surface area contributed by atoms with Crippen molar-refractivity contribution in [3.8, 4) is 6.07 Å². The van der Waals surface area contributed by atoms with Crippen LogP contribution in [0.25, 0.3) is 21.9 Å². The van der Waals surface area contributed by atoms with Crippen molar-refractivity contribution in [3.05, 3.63) is 66.2 Å². The van der Waals surface area contributed by atoms with Gasteiger partial charge in [0.05, 0.1) is 19.3 Å². The quantitative estimate of drug-likeness (QED) is 0.430. The number of hydrogen-bond donors (Lipinski definition) is 0. The number of hydrogen-bond acceptors (Lipinski definition) is 3. The smallest absolute Gasteiger partial charge is 0.159 e. The molecule has 0 saturated heterocycles. The van der Waals surface area contributed by atoms with Crippen LogP contribution in [0, 0.1) is 11.3 Å². The van der Waals surface area contributed by atoms with Crippen molar-refractivity contribution in [1.29, 1.82) is 5.26 Å². The van der Waals surface area contributed by atoms with E-state index in [0.29, 0.717) is 11.1 Å². The van der Waals surface area contributed by atoms with Gasteiger partial charge in [0.2, 0.25) is 0 Å². The van der Waals surface area contributed by atoms with Crippen LogP contribution in [0.5, 0.6) is 0 Å². The van der Waals surface area contributed by atoms with E-state index in [9.17, 15) is 5.26 Å². The third-order valence-corrected chi connectivity index (χ3v) is 7.10. The first-order chi connectivity index (χ1) is 12.9. The average Bonchev–Trinajstić information content (AvgIpc) is 3.05. The Labute approximate surface area is 160 Å². The van der Waals surface area contributed by atoms with Gasteiger partial charge in [-0.3, -0.25) is 0 Å². The van der Waals surface area contributed by atoms with E-state index in [0.717, 1.165) is 22.0 Å². The first kappa shape index (κ1) is 17.4. The van der Waals surface area contributed by atoms with E-state index in [-0.39, 0.29) is 0 Å². The summed E-state index contributed by atoms with van der Waals surface area (Å²) in [7, 11) is 0.587. The Kier molecular flexibility index (Phi) is 4.05. The van der Waals surface area contributed by atoms with E-state index < -0.39 is 8.07 Å². The molecule has 134 valence electrons. The van der Waals surface area contributed by atoms with Gasteiger partial charge in [0, 0.05) is 23.5 Å². The minimum Gasteiger partial charge on any atom is -0.452 e. The SMILES string of the molecule is CN(c1ccccc1[Si](C)(C)C)c1cccc2c1oc1c(C#N)cccc12. The first-order valence-corrected chi connectivity index (χ1v) is 12.6. The van der Waals surface area contributed by atoms with E-state index in [2.05, 4.69) is 80.1 Å². The van der Waals surface area contributed by atoms with Crippen LogP contribution < -0.4 is 10.1 Å². The Morgan fingerprint density at radius 3 is 2.15 bits per heavy atom. The molecule has 3 nitrogen and oxygen atoms in total. The van der Waals surface area contributed by atoms with E-state index >= 15 is 0 Å². The zero-order valence-corrected chi connectivity index (χ0v) is 17.1. The zero-order valence-electron chi connectivity index (χ0n) is 16.1. The second kappa shape index (κ2) is 6.29. The average molecular weight is 371 g/mol. The lowest BCUT2D eigenvalue weighted by atomic mass is 10.1. The third-order valence-electron chi connectivity index (χ3n) is 5.06. The number of para-hydroxylation sites is 3. The molecule has 0 atom stereocenters. The van der Waals surface area contributed by atoms with Gasteiger partial charge in [-0.1, -0.05) is 62.1 Å². The van der Waals surface area contributed by atoms with Crippen LogP contribution in [-0.4, -0.2) is 15.1 Å². The normalized spacial score (nSPS) is 11.7. The predicted octanol–water partition coefficient (Wildman–Crippen LogP) is 5.77. The van der Waals surface area contributed by atoms with Gasteiger partial charge >= 0.3 is 0 Å². The Morgan fingerprint density at radius 2 is 1.44 bits per heavy atom. The fourth-order valence-corrected chi connectivity index (χ4v) is 5.30. The van der Waals surface area contributed by atoms with Crippen molar-refractivity contribution < 1.29 is 4.42 Å². The largest absolute Gasteiger partial charge is 0.452 e. The van der Waals surface area contributed by atoms with Crippen LogP contribution in [-0.2, 0) is 0 Å². The Hall–Kier alpha value is -3.03. The third kappa shape index (κ3) is 2.81. The molecule has 1 aromatic heterocycles. The molecule has 4 heteroatoms. The van der Waals surface area contributed by atoms with Crippen molar-refractivity contribution in [2.24, 2.45) is 0 Å². The molecule has 0 saturated carbocycles. The van der Waals surface area contributed by atoms with Crippen LogP contribution in [0.3, 0.4) is 0 Å². The summed E-state index contributed by atoms with van der Waals surface area (Å²) in [5.41, 5.74) is 4.28. The highest BCUT2D eigenvalue weighted by Crippen LogP contribution is 2.38. The maximum atomic E-state index is 9.43. The maximum absolute atomic E-state index is 9.43. The molecule has 27 heavy (non-hydrogen) atoms. The molecule has 0 amide bonds. The van der Waals surface area contributed by atoms with E-state index in [1.54, 1.807) is 6.07 Å². The molecule has 0 radical (unpaired) electrons. The molecule has 0 aliphatic rings. The first-order valence-electron chi connectivity index (χ1n) is 9.09. The van der Waals surface area contributed by atoms with E-state index in [4.69, 9.17) is 4.42 Å². The van der Waals surface area contributed by atoms with Gasteiger partial charge in [0.15, 0.2) is 11.2 Å². The monoisotopic (exact) mass is 370 g/mol. The number of benzene rings is 3. The minimum atomic E-state index is -1.50. The number of nitrogens with zero attached hydrogens (tertiary/aromatic N) is 2. The molecule has 0 fully saturated rings. The summed E-state index contributed by atoms with van der Waals surface area (Å²) in [6.07, 6.45) is 0. The molecule has 0 aliphatic carbocycles. The molecular weight excluding hydrogens is 348 g/mol. The van der Waals surface area contributed by atoms with Gasteiger partial charge in [-0.15, -0.1) is 0 Å². The highest BCUT2D eigenvalue weighted by Gasteiger charge is 2.23. The van der Waals surface area contributed by atoms with Gasteiger partial charge in [0.1, 0.15) is 6.07 Å². The summed E-state index contributed by atoms with van der Waals surface area (Å²) in [5, 5.41) is 12.9. The van der Waals surface area contributed by atoms with Crippen molar-refractivity contribution in [3.63, 3.8) is 0 Å². The zero-order chi connectivity index (χ0) is 19.2. The molecule has 1 heterocycles. The standard InChI is InChI=1S/C23H22N2OSi/c1-25(19-12-5-6-14-21(19)27(2,3)4)20-13-8-11-18-17-10-7-9-16(15-24)22(17)26-23(18)20/h5-14H,1-4H3. The predicted molar refractivity (Wildman–Crippen MR) is 116 cm³/mol. The van der Waals surface area contributed by atoms with Crippen molar-refractivity contribution >= 4 is 46.6 Å². The number of anilines is 2. The lowest BCUT2D eigenvalue weighted by Gasteiger charge is -2.28. The molecule has 0 spiro atoms. The molecule has 4 rings (SSSR count). The number of fused-ring (bicyclic) bond motifs is 3. The fraction of sp³-hybridized carbons (Fsp3) is 0.174. The van der Waals surface area contributed by atoms with Gasteiger partial charge < -0.3 is 9.32 Å². The highest BCUT2D eigenvalue weighted by atomic mass is 28.3. The van der Waals surface area contributed by atoms with Crippen LogP contribution in [0.1, 0.15) is 5.56 Å². The van der Waals surface area contributed by atoms with Crippen molar-refractivity contribution in [2.45, 2.75) is 19.6 Å². The topological polar surface area (TPSA) is 40.2 Å². The van der Waals surface area contributed by atoms with Gasteiger partial charge in [-0.2, -0.15) is 5.26 Å². The summed E-state index contributed by atoms with van der Waals surface area (Å²) in [6.45, 7) is 7.09. The Bertz CT molecular complexity index is 1190. The van der Waals surface area contributed by atoms with Gasteiger partial charge in [-0.25, -0.2) is 0 Å². The number of nitriles is 1. The van der Waals surface area contributed by atoms with Gasteiger partial charge in [-0.05, 0) is 23.4 Å². The van der Waals surface area contributed by atoms with E-state index in [1.807, 2.05) is 12.1 Å². The summed E-state index contributed by atoms with van der Waals surface area (Å²) < 4.78 is 6.22. The molecule has 0 N–H and O–H groups in total. The van der Waals surface area contributed by atoms with Gasteiger partial charge in [0.25, 0.3) is 0 Å². The van der Waals surface area contributed by atoms with Crippen molar-refractivity contribution in [1.82, 2.24) is 0 Å². The summed E-state index contributed by atoms with van der Waals surface area (Å²) in [4.78, 5) is 2.21. The van der Waals surface area contributed by atoms with Crippen molar-refractivity contribution in [2.75, 3.05) is 11.9 Å². The fourth-order valence-electron chi connectivity index (χ4n) is 3.69. The van der Waals surface area contributed by atoms with Crippen LogP contribution in [0.2, 0.25) is 19.6 Å². The second-order valence-corrected chi connectivity index (χ2v) is 12.9. The summed E-state index contributed by atoms with van der Waals surface area (Å²) >= 11 is 0. The highest BCUT2D eigenvalue weighted by molar-refractivity contribution is 6.89. The molecular formula is C23H22N2OSi. The van der Waals surface area contributed by atoms with Crippen LogP contribution >= 0.6 is 0 Å². The van der Waals surface area contributed by atoms with Crippen LogP contribution in [0.15, 0.2) is 65.1 Å². The van der Waals surface area contributed by atoms with Crippen LogP contribution in [0.4, 0.5) is 11.4 Å². The lowest BCUT2D eigenvalue weighted by Crippen LogP contribution is -2.40. The summed E-state index contributed by atoms with van der Waals surface area (Å²) in [6, 6.07) is 22.8. The second-order valence-electron chi connectivity index (χ2n) is 7.88. The molecule has 0 bridgehead atoms.